The number of hydrogen-bond donors (Lipinski definition) is 1. The van der Waals surface area contributed by atoms with Gasteiger partial charge in [0.25, 0.3) is 0 Å². The summed E-state index contributed by atoms with van der Waals surface area (Å²) in [5.41, 5.74) is 1.36. The third-order valence-electron chi connectivity index (χ3n) is 3.29. The lowest BCUT2D eigenvalue weighted by Crippen LogP contribution is -2.46. The van der Waals surface area contributed by atoms with Gasteiger partial charge >= 0.3 is 0 Å². The molecule has 1 saturated heterocycles. The summed E-state index contributed by atoms with van der Waals surface area (Å²) in [6, 6.07) is 9.00. The highest BCUT2D eigenvalue weighted by Gasteiger charge is 2.24. The maximum atomic E-state index is 5.94. The molecule has 1 aromatic carbocycles. The van der Waals surface area contributed by atoms with Gasteiger partial charge in [-0.15, -0.1) is 0 Å². The zero-order valence-electron chi connectivity index (χ0n) is 11.4. The summed E-state index contributed by atoms with van der Waals surface area (Å²) in [5.74, 6) is 2.24. The van der Waals surface area contributed by atoms with Crippen molar-refractivity contribution in [2.75, 3.05) is 24.7 Å². The van der Waals surface area contributed by atoms with E-state index in [0.29, 0.717) is 12.1 Å². The molecule has 19 heavy (non-hydrogen) atoms. The van der Waals surface area contributed by atoms with Gasteiger partial charge in [-0.2, -0.15) is 11.8 Å². The highest BCUT2D eigenvalue weighted by atomic mass is 79.9. The first-order valence-electron chi connectivity index (χ1n) is 6.96. The molecule has 1 N–H and O–H groups in total. The third kappa shape index (κ3) is 5.10. The van der Waals surface area contributed by atoms with Crippen molar-refractivity contribution < 1.29 is 4.74 Å². The zero-order chi connectivity index (χ0) is 13.5. The molecule has 106 valence electrons. The fourth-order valence-electron chi connectivity index (χ4n) is 2.32. The Kier molecular flexibility index (Phi) is 6.71. The van der Waals surface area contributed by atoms with Crippen molar-refractivity contribution in [1.29, 1.82) is 0 Å². The van der Waals surface area contributed by atoms with E-state index in [0.717, 1.165) is 42.0 Å². The molecule has 0 aromatic heterocycles. The minimum atomic E-state index is 0.337. The maximum Gasteiger partial charge on any atom is 0.0821 e. The monoisotopic (exact) mass is 343 g/mol. The smallest absolute Gasteiger partial charge is 0.0821 e. The molecule has 0 amide bonds. The number of nitrogens with one attached hydrogen (secondary N) is 1. The minimum Gasteiger partial charge on any atom is -0.375 e. The van der Waals surface area contributed by atoms with Crippen LogP contribution in [-0.2, 0) is 11.2 Å². The van der Waals surface area contributed by atoms with E-state index >= 15 is 0 Å². The standard InChI is InChI=1S/C15H22BrNOS/c1-2-6-17-14(15-11-19-8-7-18-15)10-12-4-3-5-13(16)9-12/h3-5,9,14-15,17H,2,6-8,10-11H2,1H3. The second kappa shape index (κ2) is 8.30. The van der Waals surface area contributed by atoms with Crippen LogP contribution < -0.4 is 5.32 Å². The quantitative estimate of drug-likeness (QED) is 0.854. The van der Waals surface area contributed by atoms with Crippen molar-refractivity contribution in [3.05, 3.63) is 34.3 Å². The van der Waals surface area contributed by atoms with Gasteiger partial charge in [0.05, 0.1) is 12.7 Å². The fourth-order valence-corrected chi connectivity index (χ4v) is 3.71. The van der Waals surface area contributed by atoms with Crippen LogP contribution in [0.3, 0.4) is 0 Å². The SMILES string of the molecule is CCCNC(Cc1cccc(Br)c1)C1CSCCO1. The van der Waals surface area contributed by atoms with Crippen LogP contribution in [0.5, 0.6) is 0 Å². The number of rotatable bonds is 6. The molecule has 2 unspecified atom stereocenters. The van der Waals surface area contributed by atoms with Crippen LogP contribution in [0.15, 0.2) is 28.7 Å². The zero-order valence-corrected chi connectivity index (χ0v) is 13.8. The highest BCUT2D eigenvalue weighted by Crippen LogP contribution is 2.19. The van der Waals surface area contributed by atoms with Crippen molar-refractivity contribution in [3.8, 4) is 0 Å². The molecule has 1 aliphatic rings. The Morgan fingerprint density at radius 2 is 2.42 bits per heavy atom. The Morgan fingerprint density at radius 1 is 1.53 bits per heavy atom. The number of thioether (sulfide) groups is 1. The second-order valence-corrected chi connectivity index (χ2v) is 6.94. The summed E-state index contributed by atoms with van der Waals surface area (Å²) >= 11 is 5.55. The summed E-state index contributed by atoms with van der Waals surface area (Å²) < 4.78 is 7.10. The van der Waals surface area contributed by atoms with Crippen LogP contribution in [0.25, 0.3) is 0 Å². The van der Waals surface area contributed by atoms with Gasteiger partial charge in [-0.3, -0.25) is 0 Å². The van der Waals surface area contributed by atoms with Crippen LogP contribution in [0.2, 0.25) is 0 Å². The highest BCUT2D eigenvalue weighted by molar-refractivity contribution is 9.10. The molecular weight excluding hydrogens is 322 g/mol. The van der Waals surface area contributed by atoms with Crippen LogP contribution in [0.4, 0.5) is 0 Å². The molecule has 1 aliphatic heterocycles. The summed E-state index contributed by atoms with van der Waals surface area (Å²) in [7, 11) is 0. The van der Waals surface area contributed by atoms with Crippen LogP contribution in [0.1, 0.15) is 18.9 Å². The van der Waals surface area contributed by atoms with E-state index in [1.165, 1.54) is 5.56 Å². The summed E-state index contributed by atoms with van der Waals surface area (Å²) in [6.45, 7) is 4.15. The summed E-state index contributed by atoms with van der Waals surface area (Å²) in [6.07, 6.45) is 2.53. The Hall–Kier alpha value is -0.0300. The fraction of sp³-hybridized carbons (Fsp3) is 0.600. The first-order chi connectivity index (χ1) is 9.29. The van der Waals surface area contributed by atoms with E-state index in [1.807, 2.05) is 11.8 Å². The first kappa shape index (κ1) is 15.4. The van der Waals surface area contributed by atoms with Crippen LogP contribution in [0, 0.1) is 0 Å². The second-order valence-electron chi connectivity index (χ2n) is 4.88. The predicted molar refractivity (Wildman–Crippen MR) is 87.0 cm³/mol. The maximum absolute atomic E-state index is 5.94. The van der Waals surface area contributed by atoms with Gasteiger partial charge in [-0.1, -0.05) is 35.0 Å². The van der Waals surface area contributed by atoms with Crippen molar-refractivity contribution in [3.63, 3.8) is 0 Å². The van der Waals surface area contributed by atoms with E-state index in [9.17, 15) is 0 Å². The van der Waals surface area contributed by atoms with E-state index in [1.54, 1.807) is 0 Å². The van der Waals surface area contributed by atoms with Gasteiger partial charge in [0.15, 0.2) is 0 Å². The normalized spacial score (nSPS) is 21.3. The molecular formula is C15H22BrNOS. The number of halogens is 1. The van der Waals surface area contributed by atoms with Gasteiger partial charge in [0, 0.05) is 22.0 Å². The molecule has 1 heterocycles. The van der Waals surface area contributed by atoms with E-state index < -0.39 is 0 Å². The molecule has 0 bridgehead atoms. The lowest BCUT2D eigenvalue weighted by molar-refractivity contribution is 0.0472. The molecule has 2 atom stereocenters. The van der Waals surface area contributed by atoms with Crippen molar-refractivity contribution in [2.24, 2.45) is 0 Å². The Bertz CT molecular complexity index is 382. The van der Waals surface area contributed by atoms with Gasteiger partial charge in [-0.25, -0.2) is 0 Å². The minimum absolute atomic E-state index is 0.337. The van der Waals surface area contributed by atoms with Gasteiger partial charge in [-0.05, 0) is 37.1 Å². The average Bonchev–Trinajstić information content (AvgIpc) is 2.44. The predicted octanol–water partition coefficient (Wildman–Crippen LogP) is 3.49. The first-order valence-corrected chi connectivity index (χ1v) is 8.91. The Morgan fingerprint density at radius 3 is 3.11 bits per heavy atom. The van der Waals surface area contributed by atoms with Crippen LogP contribution >= 0.6 is 27.7 Å². The Labute approximate surface area is 128 Å². The average molecular weight is 344 g/mol. The molecule has 1 aromatic rings. The van der Waals surface area contributed by atoms with E-state index in [-0.39, 0.29) is 0 Å². The van der Waals surface area contributed by atoms with Crippen molar-refractivity contribution in [1.82, 2.24) is 5.32 Å². The topological polar surface area (TPSA) is 21.3 Å². The number of hydrogen-bond acceptors (Lipinski definition) is 3. The van der Waals surface area contributed by atoms with Crippen molar-refractivity contribution in [2.45, 2.75) is 31.9 Å². The van der Waals surface area contributed by atoms with Gasteiger partial charge in [0.1, 0.15) is 0 Å². The molecule has 0 saturated carbocycles. The molecule has 0 aliphatic carbocycles. The molecule has 1 fully saturated rings. The number of ether oxygens (including phenoxy) is 1. The van der Waals surface area contributed by atoms with E-state index in [4.69, 9.17) is 4.74 Å². The Balaban J connectivity index is 1.99. The van der Waals surface area contributed by atoms with E-state index in [2.05, 4.69) is 52.4 Å². The third-order valence-corrected chi connectivity index (χ3v) is 4.80. The largest absolute Gasteiger partial charge is 0.375 e. The molecule has 4 heteroatoms. The lowest BCUT2D eigenvalue weighted by atomic mass is 10.0. The van der Waals surface area contributed by atoms with Gasteiger partial charge in [0.2, 0.25) is 0 Å². The molecule has 0 radical (unpaired) electrons. The molecule has 2 nitrogen and oxygen atoms in total. The van der Waals surface area contributed by atoms with Gasteiger partial charge < -0.3 is 10.1 Å². The van der Waals surface area contributed by atoms with Crippen LogP contribution in [-0.4, -0.2) is 36.8 Å². The summed E-state index contributed by atoms with van der Waals surface area (Å²) in [4.78, 5) is 0. The molecule has 0 spiro atoms. The van der Waals surface area contributed by atoms with Crippen molar-refractivity contribution >= 4 is 27.7 Å². The molecule has 2 rings (SSSR count). The lowest BCUT2D eigenvalue weighted by Gasteiger charge is -2.31. The number of benzene rings is 1. The summed E-state index contributed by atoms with van der Waals surface area (Å²) in [5, 5.41) is 3.65.